The quantitative estimate of drug-likeness (QED) is 0.405. The van der Waals surface area contributed by atoms with Crippen LogP contribution in [0.5, 0.6) is 0 Å². The van der Waals surface area contributed by atoms with Gasteiger partial charge in [-0.1, -0.05) is 11.6 Å². The Morgan fingerprint density at radius 2 is 2.15 bits per heavy atom. The molecule has 3 aromatic heterocycles. The Bertz CT molecular complexity index is 1130. The number of fused-ring (bicyclic) bond motifs is 2. The molecule has 0 fully saturated rings. The van der Waals surface area contributed by atoms with Gasteiger partial charge in [-0.15, -0.1) is 0 Å². The molecule has 9 heteroatoms. The molecule has 4 aromatic rings. The van der Waals surface area contributed by atoms with Gasteiger partial charge in [0.25, 0.3) is 0 Å². The van der Waals surface area contributed by atoms with E-state index >= 15 is 0 Å². The van der Waals surface area contributed by atoms with E-state index in [1.54, 1.807) is 22.4 Å². The summed E-state index contributed by atoms with van der Waals surface area (Å²) in [6.07, 6.45) is 3.28. The molecular formula is C17H15ClN6O2. The Kier molecular flexibility index (Phi) is 4.04. The summed E-state index contributed by atoms with van der Waals surface area (Å²) in [6, 6.07) is 6.01. The zero-order valence-electron chi connectivity index (χ0n) is 14.2. The fourth-order valence-electron chi connectivity index (χ4n) is 2.83. The van der Waals surface area contributed by atoms with Gasteiger partial charge in [0.2, 0.25) is 5.28 Å². The zero-order chi connectivity index (χ0) is 18.3. The normalized spacial score (nSPS) is 11.3. The molecule has 0 amide bonds. The van der Waals surface area contributed by atoms with Crippen molar-refractivity contribution < 1.29 is 9.53 Å². The van der Waals surface area contributed by atoms with Crippen LogP contribution in [0.2, 0.25) is 5.28 Å². The first-order valence-corrected chi connectivity index (χ1v) is 8.43. The molecule has 3 heterocycles. The number of carbonyl (C=O) groups is 1. The lowest BCUT2D eigenvalue weighted by atomic mass is 10.2. The maximum atomic E-state index is 11.8. The minimum Gasteiger partial charge on any atom is -0.465 e. The number of esters is 1. The van der Waals surface area contributed by atoms with Crippen LogP contribution in [0.15, 0.2) is 30.7 Å². The van der Waals surface area contributed by atoms with Crippen LogP contribution in [-0.2, 0) is 16.1 Å². The third-order valence-electron chi connectivity index (χ3n) is 3.95. The third-order valence-corrected chi connectivity index (χ3v) is 4.12. The monoisotopic (exact) mass is 370 g/mol. The van der Waals surface area contributed by atoms with E-state index in [0.717, 1.165) is 16.5 Å². The van der Waals surface area contributed by atoms with Gasteiger partial charge < -0.3 is 9.30 Å². The maximum Gasteiger partial charge on any atom is 0.326 e. The van der Waals surface area contributed by atoms with Gasteiger partial charge in [0.05, 0.1) is 24.6 Å². The van der Waals surface area contributed by atoms with Crippen LogP contribution in [0, 0.1) is 6.92 Å². The summed E-state index contributed by atoms with van der Waals surface area (Å²) in [5.41, 5.74) is 2.97. The molecule has 8 nitrogen and oxygen atoms in total. The topological polar surface area (TPSA) is 87.7 Å². The molecule has 0 spiro atoms. The van der Waals surface area contributed by atoms with Gasteiger partial charge in [-0.2, -0.15) is 15.1 Å². The van der Waals surface area contributed by atoms with Gasteiger partial charge in [-0.05, 0) is 37.6 Å². The Labute approximate surface area is 153 Å². The number of hydrogen-bond donors (Lipinski definition) is 0. The predicted molar refractivity (Wildman–Crippen MR) is 96.3 cm³/mol. The predicted octanol–water partition coefficient (Wildman–Crippen LogP) is 2.69. The number of rotatable bonds is 4. The number of benzene rings is 1. The van der Waals surface area contributed by atoms with Gasteiger partial charge in [-0.25, -0.2) is 9.67 Å². The number of halogens is 1. The van der Waals surface area contributed by atoms with E-state index in [1.165, 1.54) is 6.33 Å². The van der Waals surface area contributed by atoms with Gasteiger partial charge >= 0.3 is 5.97 Å². The number of imidazole rings is 1. The van der Waals surface area contributed by atoms with Crippen molar-refractivity contribution >= 4 is 39.6 Å². The average molecular weight is 371 g/mol. The van der Waals surface area contributed by atoms with Gasteiger partial charge in [0.15, 0.2) is 17.0 Å². The second-order valence-corrected chi connectivity index (χ2v) is 6.12. The van der Waals surface area contributed by atoms with Gasteiger partial charge in [0.1, 0.15) is 6.54 Å². The summed E-state index contributed by atoms with van der Waals surface area (Å²) in [6.45, 7) is 4.08. The Morgan fingerprint density at radius 3 is 2.96 bits per heavy atom. The minimum absolute atomic E-state index is 0.00380. The second-order valence-electron chi connectivity index (χ2n) is 5.78. The molecule has 4 rings (SSSR count). The molecule has 132 valence electrons. The molecule has 0 atom stereocenters. The number of hydrogen-bond acceptors (Lipinski definition) is 6. The highest BCUT2D eigenvalue weighted by Crippen LogP contribution is 2.24. The molecule has 0 saturated heterocycles. The third kappa shape index (κ3) is 2.78. The first-order valence-electron chi connectivity index (χ1n) is 8.05. The lowest BCUT2D eigenvalue weighted by Gasteiger charge is -2.06. The van der Waals surface area contributed by atoms with E-state index in [-0.39, 0.29) is 17.8 Å². The molecule has 26 heavy (non-hydrogen) atoms. The number of ether oxygens (including phenoxy) is 1. The highest BCUT2D eigenvalue weighted by atomic mass is 35.5. The molecule has 0 bridgehead atoms. The van der Waals surface area contributed by atoms with Crippen molar-refractivity contribution in [2.45, 2.75) is 20.4 Å². The molecule has 0 unspecified atom stereocenters. The minimum atomic E-state index is -0.372. The molecule has 0 radical (unpaired) electrons. The summed E-state index contributed by atoms with van der Waals surface area (Å²) in [5, 5.41) is 5.46. The zero-order valence-corrected chi connectivity index (χ0v) is 14.9. The van der Waals surface area contributed by atoms with E-state index in [2.05, 4.69) is 20.1 Å². The first-order chi connectivity index (χ1) is 12.6. The lowest BCUT2D eigenvalue weighted by Crippen LogP contribution is -2.13. The molecule has 0 N–H and O–H groups in total. The summed E-state index contributed by atoms with van der Waals surface area (Å²) in [5.74, 6) is 0.0876. The summed E-state index contributed by atoms with van der Waals surface area (Å²) < 4.78 is 8.24. The largest absolute Gasteiger partial charge is 0.465 e. The van der Waals surface area contributed by atoms with E-state index in [4.69, 9.17) is 16.3 Å². The van der Waals surface area contributed by atoms with Crippen molar-refractivity contribution in [1.29, 1.82) is 0 Å². The van der Waals surface area contributed by atoms with Crippen LogP contribution in [0.25, 0.3) is 27.9 Å². The van der Waals surface area contributed by atoms with Crippen LogP contribution in [0.1, 0.15) is 12.5 Å². The highest BCUT2D eigenvalue weighted by molar-refractivity contribution is 6.28. The second kappa shape index (κ2) is 6.38. The number of nitrogens with zero attached hydrogens (tertiary/aromatic N) is 6. The van der Waals surface area contributed by atoms with Crippen molar-refractivity contribution in [3.8, 4) is 5.82 Å². The molecule has 0 aliphatic heterocycles. The average Bonchev–Trinajstić information content (AvgIpc) is 3.18. The fourth-order valence-corrected chi connectivity index (χ4v) is 2.99. The Balaban J connectivity index is 1.87. The molecule has 1 aromatic carbocycles. The lowest BCUT2D eigenvalue weighted by molar-refractivity contribution is -0.143. The smallest absolute Gasteiger partial charge is 0.326 e. The molecule has 0 saturated carbocycles. The summed E-state index contributed by atoms with van der Waals surface area (Å²) in [4.78, 5) is 24.7. The van der Waals surface area contributed by atoms with E-state index < -0.39 is 0 Å². The van der Waals surface area contributed by atoms with Gasteiger partial charge in [0, 0.05) is 5.39 Å². The van der Waals surface area contributed by atoms with Crippen LogP contribution in [0.4, 0.5) is 0 Å². The summed E-state index contributed by atoms with van der Waals surface area (Å²) in [7, 11) is 0. The van der Waals surface area contributed by atoms with Crippen molar-refractivity contribution in [3.05, 3.63) is 41.6 Å². The highest BCUT2D eigenvalue weighted by Gasteiger charge is 2.18. The molecular weight excluding hydrogens is 356 g/mol. The van der Waals surface area contributed by atoms with Crippen LogP contribution in [0.3, 0.4) is 0 Å². The standard InChI is InChI=1S/C17H15ClN6O2/c1-3-26-13(25)8-23-9-19-14-15(23)21-17(18)22-16(14)24-12-5-4-10(2)6-11(12)7-20-24/h4-7,9H,3,8H2,1-2H3. The maximum absolute atomic E-state index is 11.8. The van der Waals surface area contributed by atoms with Crippen LogP contribution < -0.4 is 0 Å². The summed E-state index contributed by atoms with van der Waals surface area (Å²) >= 11 is 6.12. The van der Waals surface area contributed by atoms with Gasteiger partial charge in [-0.3, -0.25) is 4.79 Å². The van der Waals surface area contributed by atoms with E-state index in [0.29, 0.717) is 23.6 Å². The van der Waals surface area contributed by atoms with Crippen molar-refractivity contribution in [1.82, 2.24) is 29.3 Å². The van der Waals surface area contributed by atoms with E-state index in [1.807, 2.05) is 25.1 Å². The SMILES string of the molecule is CCOC(=O)Cn1cnc2c(-n3ncc4cc(C)ccc43)nc(Cl)nc21. The number of aromatic nitrogens is 6. The van der Waals surface area contributed by atoms with Crippen LogP contribution in [-0.4, -0.2) is 41.9 Å². The molecule has 0 aliphatic carbocycles. The number of carbonyl (C=O) groups excluding carboxylic acids is 1. The number of aryl methyl sites for hydroxylation is 1. The van der Waals surface area contributed by atoms with Crippen molar-refractivity contribution in [3.63, 3.8) is 0 Å². The van der Waals surface area contributed by atoms with Crippen molar-refractivity contribution in [2.24, 2.45) is 0 Å². The van der Waals surface area contributed by atoms with Crippen molar-refractivity contribution in [2.75, 3.05) is 6.61 Å². The first kappa shape index (κ1) is 16.5. The Morgan fingerprint density at radius 1 is 1.31 bits per heavy atom. The Hall–Kier alpha value is -3.00. The molecule has 0 aliphatic rings. The van der Waals surface area contributed by atoms with E-state index in [9.17, 15) is 4.79 Å². The van der Waals surface area contributed by atoms with Crippen LogP contribution >= 0.6 is 11.6 Å². The fraction of sp³-hybridized carbons (Fsp3) is 0.235.